The molecule has 1 aliphatic heterocycles. The highest BCUT2D eigenvalue weighted by atomic mass is 32.1. The predicted octanol–water partition coefficient (Wildman–Crippen LogP) is 2.23. The van der Waals surface area contributed by atoms with E-state index in [4.69, 9.17) is 17.0 Å². The summed E-state index contributed by atoms with van der Waals surface area (Å²) in [5.74, 6) is 0. The van der Waals surface area contributed by atoms with Crippen molar-refractivity contribution in [3.63, 3.8) is 0 Å². The van der Waals surface area contributed by atoms with Gasteiger partial charge in [-0.05, 0) is 12.8 Å². The normalized spacial score (nSPS) is 17.5. The van der Waals surface area contributed by atoms with Gasteiger partial charge in [-0.1, -0.05) is 32.0 Å². The number of rotatable bonds is 4. The maximum absolute atomic E-state index is 5.36. The van der Waals surface area contributed by atoms with E-state index < -0.39 is 0 Å². The maximum atomic E-state index is 5.36. The lowest BCUT2D eigenvalue weighted by Crippen LogP contribution is -2.39. The summed E-state index contributed by atoms with van der Waals surface area (Å²) in [5.41, 5.74) is 0. The molecule has 0 amide bonds. The van der Waals surface area contributed by atoms with E-state index in [9.17, 15) is 0 Å². The average Bonchev–Trinajstić information content (AvgIpc) is 2.19. The van der Waals surface area contributed by atoms with Gasteiger partial charge in [-0.2, -0.15) is 0 Å². The largest absolute Gasteiger partial charge is 0.378 e. The van der Waals surface area contributed by atoms with Crippen LogP contribution in [-0.2, 0) is 4.74 Å². The van der Waals surface area contributed by atoms with Gasteiger partial charge in [0.15, 0.2) is 0 Å². The van der Waals surface area contributed by atoms with E-state index in [1.807, 2.05) is 0 Å². The van der Waals surface area contributed by atoms with Gasteiger partial charge >= 0.3 is 0 Å². The maximum Gasteiger partial charge on any atom is 0.0780 e. The Labute approximate surface area is 86.3 Å². The lowest BCUT2D eigenvalue weighted by molar-refractivity contribution is 0.0682. The van der Waals surface area contributed by atoms with Gasteiger partial charge in [-0.15, -0.1) is 0 Å². The molecular formula is C10H19NOS. The number of hydrogen-bond acceptors (Lipinski definition) is 2. The summed E-state index contributed by atoms with van der Waals surface area (Å²) in [4.78, 5) is 3.42. The van der Waals surface area contributed by atoms with E-state index in [1.54, 1.807) is 0 Å². The van der Waals surface area contributed by atoms with Crippen molar-refractivity contribution in [3.05, 3.63) is 0 Å². The lowest BCUT2D eigenvalue weighted by Gasteiger charge is -2.29. The van der Waals surface area contributed by atoms with E-state index in [2.05, 4.69) is 11.8 Å². The van der Waals surface area contributed by atoms with Gasteiger partial charge in [-0.3, -0.25) is 0 Å². The molecule has 0 aromatic rings. The molecule has 0 aromatic carbocycles. The Morgan fingerprint density at radius 1 is 1.31 bits per heavy atom. The molecule has 0 unspecified atom stereocenters. The van der Waals surface area contributed by atoms with Gasteiger partial charge in [0.25, 0.3) is 0 Å². The first-order valence-electron chi connectivity index (χ1n) is 5.20. The molecule has 0 atom stereocenters. The molecule has 76 valence electrons. The summed E-state index contributed by atoms with van der Waals surface area (Å²) in [6, 6.07) is 0. The average molecular weight is 201 g/mol. The molecule has 0 spiro atoms. The molecular weight excluding hydrogens is 182 g/mol. The zero-order chi connectivity index (χ0) is 9.52. The van der Waals surface area contributed by atoms with Crippen molar-refractivity contribution >= 4 is 17.2 Å². The summed E-state index contributed by atoms with van der Waals surface area (Å²) in [7, 11) is 0. The molecule has 3 heteroatoms. The number of thiocarbonyl (C=S) groups is 1. The van der Waals surface area contributed by atoms with Gasteiger partial charge in [0.05, 0.1) is 18.2 Å². The summed E-state index contributed by atoms with van der Waals surface area (Å²) in [6.45, 7) is 5.88. The number of unbranched alkanes of at least 4 members (excludes halogenated alkanes) is 2. The van der Waals surface area contributed by atoms with Crippen molar-refractivity contribution in [1.82, 2.24) is 4.90 Å². The van der Waals surface area contributed by atoms with Crippen LogP contribution in [-0.4, -0.2) is 36.2 Å². The Morgan fingerprint density at radius 3 is 2.62 bits per heavy atom. The molecule has 0 aliphatic carbocycles. The second kappa shape index (κ2) is 6.33. The van der Waals surface area contributed by atoms with Crippen molar-refractivity contribution in [3.8, 4) is 0 Å². The SMILES string of the molecule is CCCCCC(=S)N1CCOCC1. The van der Waals surface area contributed by atoms with Gasteiger partial charge in [0.2, 0.25) is 0 Å². The van der Waals surface area contributed by atoms with Crippen LogP contribution in [0.15, 0.2) is 0 Å². The molecule has 0 saturated carbocycles. The number of morpholine rings is 1. The van der Waals surface area contributed by atoms with E-state index in [1.165, 1.54) is 19.3 Å². The van der Waals surface area contributed by atoms with Crippen molar-refractivity contribution in [2.24, 2.45) is 0 Å². The van der Waals surface area contributed by atoms with E-state index >= 15 is 0 Å². The van der Waals surface area contributed by atoms with Crippen LogP contribution in [0.3, 0.4) is 0 Å². The molecule has 0 radical (unpaired) electrons. The van der Waals surface area contributed by atoms with E-state index in [-0.39, 0.29) is 0 Å². The third-order valence-corrected chi connectivity index (χ3v) is 2.82. The minimum absolute atomic E-state index is 0.841. The van der Waals surface area contributed by atoms with Crippen molar-refractivity contribution < 1.29 is 4.74 Å². The Bertz CT molecular complexity index is 155. The van der Waals surface area contributed by atoms with Gasteiger partial charge in [-0.25, -0.2) is 0 Å². The van der Waals surface area contributed by atoms with Gasteiger partial charge in [0, 0.05) is 13.1 Å². The quantitative estimate of drug-likeness (QED) is 0.511. The molecule has 1 saturated heterocycles. The molecule has 1 aliphatic rings. The van der Waals surface area contributed by atoms with Gasteiger partial charge < -0.3 is 9.64 Å². The minimum atomic E-state index is 0.841. The van der Waals surface area contributed by atoms with Crippen LogP contribution in [0.1, 0.15) is 32.6 Å². The molecule has 0 N–H and O–H groups in total. The van der Waals surface area contributed by atoms with Crippen LogP contribution in [0.25, 0.3) is 0 Å². The fourth-order valence-electron chi connectivity index (χ4n) is 1.50. The predicted molar refractivity (Wildman–Crippen MR) is 59.1 cm³/mol. The third kappa shape index (κ3) is 4.05. The first kappa shape index (κ1) is 10.9. The molecule has 2 nitrogen and oxygen atoms in total. The van der Waals surface area contributed by atoms with Crippen LogP contribution in [0, 0.1) is 0 Å². The summed E-state index contributed by atoms with van der Waals surface area (Å²) >= 11 is 5.36. The Balaban J connectivity index is 2.13. The molecule has 0 aromatic heterocycles. The first-order valence-corrected chi connectivity index (χ1v) is 5.61. The highest BCUT2D eigenvalue weighted by Gasteiger charge is 2.12. The summed E-state index contributed by atoms with van der Waals surface area (Å²) < 4.78 is 5.27. The Hall–Kier alpha value is -0.150. The fourth-order valence-corrected chi connectivity index (χ4v) is 1.82. The molecule has 1 rings (SSSR count). The molecule has 0 bridgehead atoms. The molecule has 1 heterocycles. The Kier molecular flexibility index (Phi) is 5.32. The zero-order valence-electron chi connectivity index (χ0n) is 8.42. The second-order valence-electron chi connectivity index (χ2n) is 3.45. The minimum Gasteiger partial charge on any atom is -0.378 e. The van der Waals surface area contributed by atoms with Crippen LogP contribution in [0.5, 0.6) is 0 Å². The number of ether oxygens (including phenoxy) is 1. The highest BCUT2D eigenvalue weighted by molar-refractivity contribution is 7.80. The van der Waals surface area contributed by atoms with E-state index in [0.29, 0.717) is 0 Å². The molecule has 1 fully saturated rings. The van der Waals surface area contributed by atoms with Gasteiger partial charge in [0.1, 0.15) is 0 Å². The summed E-state index contributed by atoms with van der Waals surface area (Å²) in [5, 5.41) is 0. The Morgan fingerprint density at radius 2 is 2.00 bits per heavy atom. The van der Waals surface area contributed by atoms with Crippen molar-refractivity contribution in [2.45, 2.75) is 32.6 Å². The fraction of sp³-hybridized carbons (Fsp3) is 0.900. The smallest absolute Gasteiger partial charge is 0.0780 e. The number of hydrogen-bond donors (Lipinski definition) is 0. The first-order chi connectivity index (χ1) is 6.34. The highest BCUT2D eigenvalue weighted by Crippen LogP contribution is 2.06. The third-order valence-electron chi connectivity index (χ3n) is 2.36. The topological polar surface area (TPSA) is 12.5 Å². The second-order valence-corrected chi connectivity index (χ2v) is 3.92. The summed E-state index contributed by atoms with van der Waals surface area (Å²) in [6.07, 6.45) is 4.89. The van der Waals surface area contributed by atoms with Crippen LogP contribution in [0.4, 0.5) is 0 Å². The number of nitrogens with zero attached hydrogens (tertiary/aromatic N) is 1. The van der Waals surface area contributed by atoms with Crippen molar-refractivity contribution in [1.29, 1.82) is 0 Å². The van der Waals surface area contributed by atoms with Crippen molar-refractivity contribution in [2.75, 3.05) is 26.3 Å². The lowest BCUT2D eigenvalue weighted by atomic mass is 10.2. The van der Waals surface area contributed by atoms with E-state index in [0.717, 1.165) is 37.7 Å². The van der Waals surface area contributed by atoms with Crippen LogP contribution in [0.2, 0.25) is 0 Å². The zero-order valence-corrected chi connectivity index (χ0v) is 9.24. The standard InChI is InChI=1S/C10H19NOS/c1-2-3-4-5-10(13)11-6-8-12-9-7-11/h2-9H2,1H3. The van der Waals surface area contributed by atoms with Crippen LogP contribution >= 0.6 is 12.2 Å². The monoisotopic (exact) mass is 201 g/mol. The molecule has 13 heavy (non-hydrogen) atoms. The van der Waals surface area contributed by atoms with Crippen LogP contribution < -0.4 is 0 Å².